The number of morpholine rings is 1. The van der Waals surface area contributed by atoms with Crippen LogP contribution in [-0.2, 0) is 4.74 Å². The largest absolute Gasteiger partial charge is 0.378 e. The molecule has 2 fully saturated rings. The fraction of sp³-hybridized carbons (Fsp3) is 0.722. The highest BCUT2D eigenvalue weighted by molar-refractivity contribution is 5.92. The third kappa shape index (κ3) is 4.04. The van der Waals surface area contributed by atoms with Crippen LogP contribution in [0.25, 0.3) is 0 Å². The highest BCUT2D eigenvalue weighted by Gasteiger charge is 2.23. The highest BCUT2D eigenvalue weighted by atomic mass is 16.5. The van der Waals surface area contributed by atoms with Crippen LogP contribution in [0.15, 0.2) is 6.07 Å². The monoisotopic (exact) mass is 332 g/mol. The number of rotatable bonds is 3. The number of nitrogens with zero attached hydrogens (tertiary/aromatic N) is 4. The summed E-state index contributed by atoms with van der Waals surface area (Å²) in [6.07, 6.45) is 4.60. The molecule has 6 heteroatoms. The van der Waals surface area contributed by atoms with Crippen molar-refractivity contribution < 1.29 is 9.53 Å². The van der Waals surface area contributed by atoms with Gasteiger partial charge in [-0.05, 0) is 24.8 Å². The first-order valence-corrected chi connectivity index (χ1v) is 9.16. The molecule has 0 unspecified atom stereocenters. The lowest BCUT2D eigenvalue weighted by Crippen LogP contribution is -2.38. The van der Waals surface area contributed by atoms with E-state index in [9.17, 15) is 4.79 Å². The van der Waals surface area contributed by atoms with Crippen molar-refractivity contribution in [1.29, 1.82) is 0 Å². The van der Waals surface area contributed by atoms with Crippen molar-refractivity contribution in [2.75, 3.05) is 44.3 Å². The molecule has 0 aromatic carbocycles. The molecule has 3 heterocycles. The van der Waals surface area contributed by atoms with Crippen molar-refractivity contribution in [2.24, 2.45) is 0 Å². The highest BCUT2D eigenvalue weighted by Crippen LogP contribution is 2.20. The van der Waals surface area contributed by atoms with Crippen LogP contribution in [0.4, 0.5) is 5.95 Å². The summed E-state index contributed by atoms with van der Waals surface area (Å²) in [4.78, 5) is 26.3. The molecule has 0 N–H and O–H groups in total. The van der Waals surface area contributed by atoms with Crippen molar-refractivity contribution in [2.45, 2.75) is 45.4 Å². The molecular formula is C18H28N4O2. The predicted molar refractivity (Wildman–Crippen MR) is 93.5 cm³/mol. The Hall–Kier alpha value is -1.69. The number of anilines is 1. The van der Waals surface area contributed by atoms with E-state index in [2.05, 4.69) is 23.7 Å². The lowest BCUT2D eigenvalue weighted by molar-refractivity contribution is 0.0755. The van der Waals surface area contributed by atoms with Crippen molar-refractivity contribution in [3.63, 3.8) is 0 Å². The molecule has 0 spiro atoms. The Morgan fingerprint density at radius 2 is 1.71 bits per heavy atom. The van der Waals surface area contributed by atoms with Crippen molar-refractivity contribution in [1.82, 2.24) is 14.9 Å². The Morgan fingerprint density at radius 3 is 2.33 bits per heavy atom. The van der Waals surface area contributed by atoms with Gasteiger partial charge in [-0.3, -0.25) is 4.79 Å². The SMILES string of the molecule is CC(C)c1cc(C(=O)N2CCCCCC2)nc(N2CCOCC2)n1. The zero-order valence-electron chi connectivity index (χ0n) is 14.8. The summed E-state index contributed by atoms with van der Waals surface area (Å²) >= 11 is 0. The number of carbonyl (C=O) groups excluding carboxylic acids is 1. The fourth-order valence-corrected chi connectivity index (χ4v) is 3.20. The van der Waals surface area contributed by atoms with E-state index in [4.69, 9.17) is 9.72 Å². The molecule has 24 heavy (non-hydrogen) atoms. The third-order valence-electron chi connectivity index (χ3n) is 4.73. The van der Waals surface area contributed by atoms with Crippen LogP contribution in [-0.4, -0.2) is 60.2 Å². The minimum atomic E-state index is 0.0516. The van der Waals surface area contributed by atoms with Crippen LogP contribution >= 0.6 is 0 Å². The molecule has 0 radical (unpaired) electrons. The molecule has 132 valence electrons. The molecule has 2 aliphatic rings. The van der Waals surface area contributed by atoms with Gasteiger partial charge in [-0.1, -0.05) is 26.7 Å². The van der Waals surface area contributed by atoms with Gasteiger partial charge in [0.05, 0.1) is 13.2 Å². The van der Waals surface area contributed by atoms with Crippen LogP contribution in [0.5, 0.6) is 0 Å². The number of hydrogen-bond acceptors (Lipinski definition) is 5. The Bertz CT molecular complexity index is 562. The van der Waals surface area contributed by atoms with Gasteiger partial charge in [0.25, 0.3) is 5.91 Å². The number of aromatic nitrogens is 2. The summed E-state index contributed by atoms with van der Waals surface area (Å²) in [6, 6.07) is 1.88. The van der Waals surface area contributed by atoms with E-state index in [0.29, 0.717) is 24.9 Å². The first-order valence-electron chi connectivity index (χ1n) is 9.16. The van der Waals surface area contributed by atoms with Gasteiger partial charge >= 0.3 is 0 Å². The maximum absolute atomic E-state index is 13.0. The zero-order chi connectivity index (χ0) is 16.9. The number of likely N-dealkylation sites (tertiary alicyclic amines) is 1. The van der Waals surface area contributed by atoms with Gasteiger partial charge in [0.15, 0.2) is 0 Å². The Morgan fingerprint density at radius 1 is 1.04 bits per heavy atom. The Balaban J connectivity index is 1.87. The molecule has 1 aromatic heterocycles. The van der Waals surface area contributed by atoms with E-state index < -0.39 is 0 Å². The van der Waals surface area contributed by atoms with Crippen LogP contribution in [0.1, 0.15) is 61.6 Å². The van der Waals surface area contributed by atoms with E-state index >= 15 is 0 Å². The van der Waals surface area contributed by atoms with Gasteiger partial charge in [-0.15, -0.1) is 0 Å². The van der Waals surface area contributed by atoms with E-state index in [-0.39, 0.29) is 11.8 Å². The minimum Gasteiger partial charge on any atom is -0.378 e. The number of carbonyl (C=O) groups is 1. The van der Waals surface area contributed by atoms with Gasteiger partial charge in [-0.2, -0.15) is 0 Å². The van der Waals surface area contributed by atoms with Crippen molar-refractivity contribution in [3.05, 3.63) is 17.5 Å². The third-order valence-corrected chi connectivity index (χ3v) is 4.73. The summed E-state index contributed by atoms with van der Waals surface area (Å²) in [5.74, 6) is 0.988. The topological polar surface area (TPSA) is 58.6 Å². The normalized spacial score (nSPS) is 19.5. The molecule has 2 aliphatic heterocycles. The lowest BCUT2D eigenvalue weighted by atomic mass is 10.1. The standard InChI is InChI=1S/C18H28N4O2/c1-14(2)15-13-16(17(23)21-7-5-3-4-6-8-21)20-18(19-15)22-9-11-24-12-10-22/h13-14H,3-12H2,1-2H3. The van der Waals surface area contributed by atoms with E-state index in [1.807, 2.05) is 11.0 Å². The summed E-state index contributed by atoms with van der Waals surface area (Å²) in [5.41, 5.74) is 1.47. The van der Waals surface area contributed by atoms with Crippen molar-refractivity contribution in [3.8, 4) is 0 Å². The number of hydrogen-bond donors (Lipinski definition) is 0. The first-order chi connectivity index (χ1) is 11.6. The molecule has 0 aliphatic carbocycles. The van der Waals surface area contributed by atoms with Gasteiger partial charge in [-0.25, -0.2) is 9.97 Å². The second-order valence-corrected chi connectivity index (χ2v) is 6.94. The number of amides is 1. The molecule has 0 saturated carbocycles. The van der Waals surface area contributed by atoms with Crippen molar-refractivity contribution >= 4 is 11.9 Å². The molecule has 1 aromatic rings. The molecular weight excluding hydrogens is 304 g/mol. The maximum atomic E-state index is 13.0. The summed E-state index contributed by atoms with van der Waals surface area (Å²) in [6.45, 7) is 8.81. The smallest absolute Gasteiger partial charge is 0.272 e. The molecule has 3 rings (SSSR count). The molecule has 6 nitrogen and oxygen atoms in total. The predicted octanol–water partition coefficient (Wildman–Crippen LogP) is 2.45. The number of ether oxygens (including phenoxy) is 1. The van der Waals surface area contributed by atoms with E-state index in [1.165, 1.54) is 12.8 Å². The average molecular weight is 332 g/mol. The van der Waals surface area contributed by atoms with Gasteiger partial charge in [0.2, 0.25) is 5.95 Å². The molecule has 0 bridgehead atoms. The van der Waals surface area contributed by atoms with Gasteiger partial charge < -0.3 is 14.5 Å². The van der Waals surface area contributed by atoms with E-state index in [0.717, 1.165) is 44.7 Å². The summed E-state index contributed by atoms with van der Waals surface area (Å²) in [7, 11) is 0. The average Bonchev–Trinajstić information content (AvgIpc) is 2.91. The Labute approximate surface area is 144 Å². The van der Waals surface area contributed by atoms with Crippen LogP contribution in [0.3, 0.4) is 0 Å². The Kier molecular flexibility index (Phi) is 5.66. The lowest BCUT2D eigenvalue weighted by Gasteiger charge is -2.28. The second kappa shape index (κ2) is 7.92. The van der Waals surface area contributed by atoms with Crippen LogP contribution in [0, 0.1) is 0 Å². The summed E-state index contributed by atoms with van der Waals surface area (Å²) in [5, 5.41) is 0. The molecule has 0 atom stereocenters. The maximum Gasteiger partial charge on any atom is 0.272 e. The molecule has 2 saturated heterocycles. The molecule has 1 amide bonds. The van der Waals surface area contributed by atoms with E-state index in [1.54, 1.807) is 0 Å². The fourth-order valence-electron chi connectivity index (χ4n) is 3.20. The zero-order valence-corrected chi connectivity index (χ0v) is 14.8. The first kappa shape index (κ1) is 17.1. The minimum absolute atomic E-state index is 0.0516. The van der Waals surface area contributed by atoms with Crippen LogP contribution in [0.2, 0.25) is 0 Å². The van der Waals surface area contributed by atoms with Gasteiger partial charge in [0, 0.05) is 31.9 Å². The van der Waals surface area contributed by atoms with Gasteiger partial charge in [0.1, 0.15) is 5.69 Å². The quantitative estimate of drug-likeness (QED) is 0.851. The van der Waals surface area contributed by atoms with Crippen LogP contribution < -0.4 is 4.90 Å². The summed E-state index contributed by atoms with van der Waals surface area (Å²) < 4.78 is 5.41. The second-order valence-electron chi connectivity index (χ2n) is 6.94.